The van der Waals surface area contributed by atoms with Crippen LogP contribution >= 0.6 is 15.2 Å². The third-order valence-electron chi connectivity index (χ3n) is 1.18. The second-order valence-corrected chi connectivity index (χ2v) is 6.57. The van der Waals surface area contributed by atoms with Crippen LogP contribution in [0.2, 0.25) is 0 Å². The molecule has 9 heteroatoms. The largest absolute Gasteiger partial charge is 0.357 e. The molecule has 13 heavy (non-hydrogen) atoms. The highest BCUT2D eigenvalue weighted by atomic mass is 31.2. The topological polar surface area (TPSA) is 141 Å². The molecule has 0 saturated heterocycles. The van der Waals surface area contributed by atoms with Crippen molar-refractivity contribution in [3.63, 3.8) is 0 Å². The molecule has 0 aliphatic heterocycles. The van der Waals surface area contributed by atoms with Crippen molar-refractivity contribution in [3.05, 3.63) is 0 Å². The lowest BCUT2D eigenvalue weighted by molar-refractivity contribution is 0.315. The Balaban J connectivity index is 0. The van der Waals surface area contributed by atoms with Gasteiger partial charge in [-0.1, -0.05) is 13.8 Å². The Morgan fingerprint density at radius 3 is 1.15 bits per heavy atom. The third-order valence-corrected chi connectivity index (χ3v) is 5.10. The Bertz CT molecular complexity index is 215. The lowest BCUT2D eigenvalue weighted by Gasteiger charge is -2.25. The molecule has 0 aromatic rings. The lowest BCUT2D eigenvalue weighted by atomic mass is 10.8. The highest BCUT2D eigenvalue weighted by Crippen LogP contribution is 2.65. The summed E-state index contributed by atoms with van der Waals surface area (Å²) in [6.07, 6.45) is 0. The molecule has 0 aliphatic rings. The molecule has 0 fully saturated rings. The van der Waals surface area contributed by atoms with Crippen LogP contribution in [0.4, 0.5) is 0 Å². The third kappa shape index (κ3) is 3.87. The van der Waals surface area contributed by atoms with Gasteiger partial charge in [-0.05, 0) is 6.92 Å². The smallest absolute Gasteiger partial charge is 0.323 e. The number of rotatable bonds is 2. The van der Waals surface area contributed by atoms with Gasteiger partial charge in [0.15, 0.2) is 0 Å². The molecule has 0 unspecified atom stereocenters. The average molecular weight is 235 g/mol. The maximum atomic E-state index is 10.4. The zero-order chi connectivity index (χ0) is 11.5. The Morgan fingerprint density at radius 1 is 1.00 bits per heavy atom. The molecule has 0 spiro atoms. The summed E-state index contributed by atoms with van der Waals surface area (Å²) in [5.41, 5.74) is 4.74. The second-order valence-electron chi connectivity index (χ2n) is 2.18. The predicted molar refractivity (Wildman–Crippen MR) is 48.0 cm³/mol. The van der Waals surface area contributed by atoms with Crippen LogP contribution in [0.15, 0.2) is 0 Å². The first-order valence-corrected chi connectivity index (χ1v) is 6.63. The van der Waals surface area contributed by atoms with Crippen LogP contribution < -0.4 is 5.73 Å². The highest BCUT2D eigenvalue weighted by molar-refractivity contribution is 7.72. The number of hydrogen-bond donors (Lipinski definition) is 5. The zero-order valence-electron chi connectivity index (χ0n) is 7.58. The van der Waals surface area contributed by atoms with Crippen LogP contribution in [0.3, 0.4) is 0 Å². The maximum absolute atomic E-state index is 10.4. The van der Waals surface area contributed by atoms with Crippen molar-refractivity contribution in [3.8, 4) is 0 Å². The first-order chi connectivity index (χ1) is 5.50. The van der Waals surface area contributed by atoms with Gasteiger partial charge in [-0.15, -0.1) is 0 Å². The Morgan fingerprint density at radius 2 is 1.15 bits per heavy atom. The van der Waals surface area contributed by atoms with E-state index in [1.807, 2.05) is 13.8 Å². The van der Waals surface area contributed by atoms with Crippen molar-refractivity contribution in [1.82, 2.24) is 0 Å². The van der Waals surface area contributed by atoms with Gasteiger partial charge in [0.25, 0.3) is 0 Å². The summed E-state index contributed by atoms with van der Waals surface area (Å²) in [6.45, 7) is 4.61. The quantitative estimate of drug-likeness (QED) is 0.424. The van der Waals surface area contributed by atoms with E-state index in [9.17, 15) is 9.13 Å². The van der Waals surface area contributed by atoms with Gasteiger partial charge in [-0.3, -0.25) is 9.13 Å². The molecule has 82 valence electrons. The molecule has 0 aliphatic carbocycles. The molecular formula is C4H15NO6P2. The van der Waals surface area contributed by atoms with Crippen LogP contribution in [-0.2, 0) is 9.13 Å². The normalized spacial score (nSPS) is 13.2. The van der Waals surface area contributed by atoms with Crippen molar-refractivity contribution < 1.29 is 28.7 Å². The first-order valence-electron chi connectivity index (χ1n) is 3.40. The summed E-state index contributed by atoms with van der Waals surface area (Å²) in [5, 5.41) is -2.79. The van der Waals surface area contributed by atoms with E-state index in [1.165, 1.54) is 0 Å². The Kier molecular flexibility index (Phi) is 5.64. The highest BCUT2D eigenvalue weighted by Gasteiger charge is 2.53. The predicted octanol–water partition coefficient (Wildman–Crippen LogP) is 0.000400. The van der Waals surface area contributed by atoms with E-state index < -0.39 is 20.2 Å². The molecule has 0 heterocycles. The molecule has 0 bridgehead atoms. The molecular weight excluding hydrogens is 220 g/mol. The van der Waals surface area contributed by atoms with E-state index in [4.69, 9.17) is 25.3 Å². The van der Waals surface area contributed by atoms with Crippen LogP contribution in [0.1, 0.15) is 20.8 Å². The van der Waals surface area contributed by atoms with Gasteiger partial charge in [0, 0.05) is 0 Å². The second kappa shape index (κ2) is 4.66. The summed E-state index contributed by atoms with van der Waals surface area (Å²) in [7, 11) is -9.95. The molecule has 0 aromatic carbocycles. The summed E-state index contributed by atoms with van der Waals surface area (Å²) in [4.78, 5) is 33.5. The fourth-order valence-electron chi connectivity index (χ4n) is 0.170. The summed E-state index contributed by atoms with van der Waals surface area (Å²) >= 11 is 0. The minimum atomic E-state index is -4.98. The van der Waals surface area contributed by atoms with Gasteiger partial charge < -0.3 is 25.3 Å². The fraction of sp³-hybridized carbons (Fsp3) is 1.00. The van der Waals surface area contributed by atoms with E-state index >= 15 is 0 Å². The molecule has 6 N–H and O–H groups in total. The molecule has 7 nitrogen and oxygen atoms in total. The van der Waals surface area contributed by atoms with Crippen LogP contribution in [0.5, 0.6) is 0 Å². The van der Waals surface area contributed by atoms with Gasteiger partial charge in [0.1, 0.15) is 0 Å². The van der Waals surface area contributed by atoms with Crippen molar-refractivity contribution in [2.45, 2.75) is 25.8 Å². The molecule has 0 aromatic heterocycles. The van der Waals surface area contributed by atoms with E-state index in [1.54, 1.807) is 0 Å². The number of nitrogens with two attached hydrogens (primary N) is 1. The zero-order valence-corrected chi connectivity index (χ0v) is 9.37. The van der Waals surface area contributed by atoms with Gasteiger partial charge in [0.05, 0.1) is 0 Å². The van der Waals surface area contributed by atoms with Crippen molar-refractivity contribution in [2.75, 3.05) is 0 Å². The lowest BCUT2D eigenvalue weighted by Crippen LogP contribution is -2.35. The molecule has 0 rings (SSSR count). The number of hydrogen-bond acceptors (Lipinski definition) is 3. The van der Waals surface area contributed by atoms with Crippen molar-refractivity contribution >= 4 is 15.2 Å². The Hall–Kier alpha value is 0.260. The minimum Gasteiger partial charge on any atom is -0.323 e. The minimum absolute atomic E-state index is 0.606. The summed E-state index contributed by atoms with van der Waals surface area (Å²) < 4.78 is 20.8. The molecule has 0 saturated carbocycles. The maximum Gasteiger partial charge on any atom is 0.357 e. The van der Waals surface area contributed by atoms with E-state index in [0.717, 1.165) is 0 Å². The van der Waals surface area contributed by atoms with Crippen LogP contribution in [0, 0.1) is 0 Å². The fourth-order valence-corrected chi connectivity index (χ4v) is 1.53. The van der Waals surface area contributed by atoms with Crippen molar-refractivity contribution in [2.24, 2.45) is 5.73 Å². The summed E-state index contributed by atoms with van der Waals surface area (Å²) in [6, 6.07) is 0. The van der Waals surface area contributed by atoms with Gasteiger partial charge in [0.2, 0.25) is 5.02 Å². The standard InChI is InChI=1S/C2H9NO6P2.C2H6/c1-2(3,10(4,5)6)11(7,8)9;1-2/h3H2,1H3,(H2,4,5,6)(H2,7,8,9);1-2H3. The van der Waals surface area contributed by atoms with Gasteiger partial charge in [-0.2, -0.15) is 0 Å². The Labute approximate surface area is 76.3 Å². The van der Waals surface area contributed by atoms with Gasteiger partial charge in [-0.25, -0.2) is 0 Å². The van der Waals surface area contributed by atoms with Crippen LogP contribution in [0.25, 0.3) is 0 Å². The van der Waals surface area contributed by atoms with E-state index in [2.05, 4.69) is 0 Å². The summed E-state index contributed by atoms with van der Waals surface area (Å²) in [5.74, 6) is 0. The monoisotopic (exact) mass is 235 g/mol. The van der Waals surface area contributed by atoms with E-state index in [0.29, 0.717) is 6.92 Å². The van der Waals surface area contributed by atoms with Crippen LogP contribution in [-0.4, -0.2) is 24.6 Å². The molecule has 0 radical (unpaired) electrons. The van der Waals surface area contributed by atoms with E-state index in [-0.39, 0.29) is 0 Å². The SMILES string of the molecule is CC.CC(N)(P(=O)(O)O)P(=O)(O)O. The molecule has 0 atom stereocenters. The van der Waals surface area contributed by atoms with Gasteiger partial charge >= 0.3 is 15.2 Å². The average Bonchev–Trinajstić information content (AvgIpc) is 1.87. The molecule has 0 amide bonds. The first kappa shape index (κ1) is 15.7. The van der Waals surface area contributed by atoms with Crippen molar-refractivity contribution in [1.29, 1.82) is 0 Å².